The lowest BCUT2D eigenvalue weighted by atomic mass is 10.1. The van der Waals surface area contributed by atoms with Crippen LogP contribution in [-0.2, 0) is 0 Å². The van der Waals surface area contributed by atoms with Crippen LogP contribution in [0.4, 0.5) is 5.69 Å². The van der Waals surface area contributed by atoms with Crippen LogP contribution in [0.25, 0.3) is 21.7 Å². The van der Waals surface area contributed by atoms with E-state index in [4.69, 9.17) is 5.73 Å². The minimum absolute atomic E-state index is 0.0526. The van der Waals surface area contributed by atoms with Crippen LogP contribution in [0.5, 0.6) is 0 Å². The fourth-order valence-corrected chi connectivity index (χ4v) is 2.77. The smallest absolute Gasteiger partial charge is 0.195 e. The van der Waals surface area contributed by atoms with Crippen LogP contribution in [-0.4, -0.2) is 17.2 Å². The highest BCUT2D eigenvalue weighted by Crippen LogP contribution is 2.18. The van der Waals surface area contributed by atoms with Gasteiger partial charge in [0, 0.05) is 41.2 Å². The van der Waals surface area contributed by atoms with Gasteiger partial charge >= 0.3 is 0 Å². The van der Waals surface area contributed by atoms with Crippen molar-refractivity contribution in [2.45, 2.75) is 6.42 Å². The van der Waals surface area contributed by atoms with E-state index in [1.54, 1.807) is 18.3 Å². The topological polar surface area (TPSA) is 80.4 Å². The van der Waals surface area contributed by atoms with Crippen LogP contribution in [0.3, 0.4) is 0 Å². The van der Waals surface area contributed by atoms with Crippen LogP contribution in [0, 0.1) is 0 Å². The Morgan fingerprint density at radius 3 is 2.77 bits per heavy atom. The standard InChI is InChI=1S/C17H14N4O/c18-12-3-1-10-2-4-16-14(17(22)13(10)8-12)7-11(9-19-16)15-5-6-20-21-15/h1-4,7-9,20H,5-6,18H2. The molecular formula is C17H14N4O. The van der Waals surface area contributed by atoms with Crippen molar-refractivity contribution < 1.29 is 0 Å². The monoisotopic (exact) mass is 290 g/mol. The van der Waals surface area contributed by atoms with Gasteiger partial charge in [-0.15, -0.1) is 0 Å². The van der Waals surface area contributed by atoms with E-state index in [0.717, 1.165) is 29.6 Å². The quantitative estimate of drug-likeness (QED) is 0.672. The van der Waals surface area contributed by atoms with Crippen LogP contribution < -0.4 is 16.6 Å². The Balaban J connectivity index is 2.08. The molecule has 0 radical (unpaired) electrons. The number of pyridine rings is 1. The molecule has 3 N–H and O–H groups in total. The van der Waals surface area contributed by atoms with E-state index in [1.165, 1.54) is 0 Å². The van der Waals surface area contributed by atoms with Crippen molar-refractivity contribution in [2.24, 2.45) is 5.10 Å². The third-order valence-corrected chi connectivity index (χ3v) is 3.93. The molecule has 0 amide bonds. The number of hydrogen-bond acceptors (Lipinski definition) is 5. The van der Waals surface area contributed by atoms with Gasteiger partial charge in [0.05, 0.1) is 11.2 Å². The van der Waals surface area contributed by atoms with Gasteiger partial charge in [0.2, 0.25) is 0 Å². The number of nitrogens with zero attached hydrogens (tertiary/aromatic N) is 2. The molecule has 0 unspecified atom stereocenters. The number of anilines is 1. The summed E-state index contributed by atoms with van der Waals surface area (Å²) < 4.78 is 0. The van der Waals surface area contributed by atoms with Gasteiger partial charge in [-0.2, -0.15) is 5.10 Å². The summed E-state index contributed by atoms with van der Waals surface area (Å²) in [5.41, 5.74) is 11.8. The lowest BCUT2D eigenvalue weighted by Crippen LogP contribution is -2.04. The molecule has 0 atom stereocenters. The first-order valence-corrected chi connectivity index (χ1v) is 7.14. The first-order chi connectivity index (χ1) is 10.7. The minimum atomic E-state index is -0.0526. The molecule has 1 aliphatic rings. The van der Waals surface area contributed by atoms with E-state index in [1.807, 2.05) is 24.3 Å². The van der Waals surface area contributed by atoms with Gasteiger partial charge in [-0.05, 0) is 29.7 Å². The fraction of sp³-hybridized carbons (Fsp3) is 0.118. The van der Waals surface area contributed by atoms with Crippen molar-refractivity contribution in [3.63, 3.8) is 0 Å². The Kier molecular flexibility index (Phi) is 2.79. The normalized spacial score (nSPS) is 14.1. The molecule has 0 bridgehead atoms. The molecule has 108 valence electrons. The summed E-state index contributed by atoms with van der Waals surface area (Å²) in [6.45, 7) is 0.819. The number of nitrogen functional groups attached to an aromatic ring is 1. The minimum Gasteiger partial charge on any atom is -0.399 e. The second-order valence-electron chi connectivity index (χ2n) is 5.38. The Morgan fingerprint density at radius 1 is 1.09 bits per heavy atom. The van der Waals surface area contributed by atoms with Crippen molar-refractivity contribution in [3.05, 3.63) is 58.4 Å². The molecule has 2 aromatic carbocycles. The van der Waals surface area contributed by atoms with E-state index in [9.17, 15) is 4.79 Å². The van der Waals surface area contributed by atoms with E-state index < -0.39 is 0 Å². The van der Waals surface area contributed by atoms with Gasteiger partial charge in [0.25, 0.3) is 0 Å². The van der Waals surface area contributed by atoms with Crippen molar-refractivity contribution >= 4 is 33.1 Å². The van der Waals surface area contributed by atoms with Crippen molar-refractivity contribution in [2.75, 3.05) is 12.3 Å². The maximum Gasteiger partial charge on any atom is 0.195 e. The number of aromatic nitrogens is 1. The zero-order valence-corrected chi connectivity index (χ0v) is 11.8. The van der Waals surface area contributed by atoms with Crippen LogP contribution in [0.1, 0.15) is 12.0 Å². The first kappa shape index (κ1) is 12.8. The SMILES string of the molecule is Nc1ccc2ccc3ncc(C4=NNCC4)cc3c(=O)c2c1. The van der Waals surface area contributed by atoms with Gasteiger partial charge in [-0.3, -0.25) is 9.78 Å². The highest BCUT2D eigenvalue weighted by molar-refractivity contribution is 6.04. The summed E-state index contributed by atoms with van der Waals surface area (Å²) in [5.74, 6) is 0. The highest BCUT2D eigenvalue weighted by atomic mass is 16.1. The molecule has 4 rings (SSSR count). The Hall–Kier alpha value is -2.95. The Bertz CT molecular complexity index is 995. The highest BCUT2D eigenvalue weighted by Gasteiger charge is 2.11. The van der Waals surface area contributed by atoms with E-state index >= 15 is 0 Å². The molecule has 0 spiro atoms. The van der Waals surface area contributed by atoms with Crippen LogP contribution in [0.2, 0.25) is 0 Å². The predicted molar refractivity (Wildman–Crippen MR) is 89.1 cm³/mol. The molecule has 0 fully saturated rings. The molecular weight excluding hydrogens is 276 g/mol. The summed E-state index contributed by atoms with van der Waals surface area (Å²) in [7, 11) is 0. The summed E-state index contributed by atoms with van der Waals surface area (Å²) in [6, 6.07) is 11.0. The molecule has 5 nitrogen and oxygen atoms in total. The maximum atomic E-state index is 12.9. The lowest BCUT2D eigenvalue weighted by molar-refractivity contribution is 0.813. The summed E-state index contributed by atoms with van der Waals surface area (Å²) in [6.07, 6.45) is 2.61. The van der Waals surface area contributed by atoms with Gasteiger partial charge in [-0.1, -0.05) is 12.1 Å². The second kappa shape index (κ2) is 4.80. The third-order valence-electron chi connectivity index (χ3n) is 3.93. The number of benzene rings is 1. The molecule has 1 aromatic heterocycles. The zero-order valence-electron chi connectivity index (χ0n) is 11.8. The summed E-state index contributed by atoms with van der Waals surface area (Å²) >= 11 is 0. The zero-order chi connectivity index (χ0) is 15.1. The predicted octanol–water partition coefficient (Wildman–Crippen LogP) is 2.03. The van der Waals surface area contributed by atoms with Gasteiger partial charge in [0.1, 0.15) is 0 Å². The molecule has 0 saturated heterocycles. The second-order valence-corrected chi connectivity index (χ2v) is 5.38. The number of nitrogens with two attached hydrogens (primary N) is 1. The molecule has 22 heavy (non-hydrogen) atoms. The summed E-state index contributed by atoms with van der Waals surface area (Å²) in [5, 5.41) is 6.30. The fourth-order valence-electron chi connectivity index (χ4n) is 2.77. The van der Waals surface area contributed by atoms with E-state index in [-0.39, 0.29) is 5.43 Å². The maximum absolute atomic E-state index is 12.9. The van der Waals surface area contributed by atoms with E-state index in [2.05, 4.69) is 15.5 Å². The molecule has 0 aliphatic carbocycles. The lowest BCUT2D eigenvalue weighted by Gasteiger charge is -1.99. The number of hydrazone groups is 1. The first-order valence-electron chi connectivity index (χ1n) is 7.14. The number of nitrogens with one attached hydrogen (secondary N) is 1. The number of rotatable bonds is 1. The molecule has 1 aliphatic heterocycles. The van der Waals surface area contributed by atoms with E-state index in [0.29, 0.717) is 22.0 Å². The van der Waals surface area contributed by atoms with Gasteiger partial charge in [0.15, 0.2) is 5.43 Å². The summed E-state index contributed by atoms with van der Waals surface area (Å²) in [4.78, 5) is 17.3. The van der Waals surface area contributed by atoms with Crippen LogP contribution in [0.15, 0.2) is 52.5 Å². The Morgan fingerprint density at radius 2 is 1.95 bits per heavy atom. The third kappa shape index (κ3) is 1.98. The van der Waals surface area contributed by atoms with Crippen molar-refractivity contribution in [3.8, 4) is 0 Å². The number of fused-ring (bicyclic) bond motifs is 2. The number of hydrogen-bond donors (Lipinski definition) is 2. The molecule has 5 heteroatoms. The largest absolute Gasteiger partial charge is 0.399 e. The van der Waals surface area contributed by atoms with Gasteiger partial charge < -0.3 is 11.2 Å². The average molecular weight is 290 g/mol. The average Bonchev–Trinajstić information content (AvgIpc) is 3.03. The Labute approximate surface area is 126 Å². The molecule has 0 saturated carbocycles. The van der Waals surface area contributed by atoms with Gasteiger partial charge in [-0.25, -0.2) is 0 Å². The van der Waals surface area contributed by atoms with Crippen molar-refractivity contribution in [1.29, 1.82) is 0 Å². The van der Waals surface area contributed by atoms with Crippen LogP contribution >= 0.6 is 0 Å². The molecule has 2 heterocycles. The molecule has 3 aromatic rings. The van der Waals surface area contributed by atoms with Crippen molar-refractivity contribution in [1.82, 2.24) is 10.4 Å².